The maximum Gasteiger partial charge on any atom is 0.182 e. The number of carbonyl (C=O) groups is 2. The molecule has 0 bridgehead atoms. The second kappa shape index (κ2) is 3.39. The van der Waals surface area contributed by atoms with E-state index in [4.69, 9.17) is 0 Å². The summed E-state index contributed by atoms with van der Waals surface area (Å²) < 4.78 is 0. The Hall–Kier alpha value is -2.22. The Morgan fingerprint density at radius 1 is 0.882 bits per heavy atom. The summed E-state index contributed by atoms with van der Waals surface area (Å²) in [5.74, 6) is 0.0614. The molecule has 1 aromatic carbocycles. The zero-order valence-corrected chi connectivity index (χ0v) is 9.36. The van der Waals surface area contributed by atoms with Crippen molar-refractivity contribution >= 4 is 35.4 Å². The number of rotatable bonds is 0. The number of allylic oxidation sites excluding steroid dienone is 2. The van der Waals surface area contributed by atoms with Crippen molar-refractivity contribution in [3.8, 4) is 0 Å². The number of hydrogen-bond acceptors (Lipinski definition) is 2. The highest BCUT2D eigenvalue weighted by atomic mass is 16.1. The maximum atomic E-state index is 11.6. The largest absolute Gasteiger partial charge is 0.290 e. The zero-order valence-electron chi connectivity index (χ0n) is 9.36. The third-order valence-electron chi connectivity index (χ3n) is 3.17. The number of benzene rings is 1. The molecule has 3 rings (SSSR count). The van der Waals surface area contributed by atoms with Gasteiger partial charge in [-0.2, -0.15) is 0 Å². The van der Waals surface area contributed by atoms with Gasteiger partial charge in [-0.15, -0.1) is 0 Å². The van der Waals surface area contributed by atoms with Crippen molar-refractivity contribution in [3.05, 3.63) is 45.8 Å². The van der Waals surface area contributed by atoms with Gasteiger partial charge in [0.1, 0.15) is 0 Å². The Bertz CT molecular complexity index is 731. The molecule has 0 N–H and O–H groups in total. The molecule has 17 heavy (non-hydrogen) atoms. The van der Waals surface area contributed by atoms with Crippen LogP contribution in [0.4, 0.5) is 0 Å². The Morgan fingerprint density at radius 2 is 1.65 bits per heavy atom. The molecule has 0 aromatic heterocycles. The molecule has 2 aliphatic carbocycles. The van der Waals surface area contributed by atoms with Crippen molar-refractivity contribution < 1.29 is 9.59 Å². The van der Waals surface area contributed by atoms with E-state index < -0.39 is 0 Å². The fourth-order valence-corrected chi connectivity index (χ4v) is 2.18. The predicted octanol–water partition coefficient (Wildman–Crippen LogP) is 0.830. The Kier molecular flexibility index (Phi) is 1.99. The van der Waals surface area contributed by atoms with E-state index in [2.05, 4.69) is 0 Å². The molecule has 82 valence electrons. The van der Waals surface area contributed by atoms with Gasteiger partial charge in [-0.05, 0) is 58.8 Å². The van der Waals surface area contributed by atoms with Crippen molar-refractivity contribution in [1.82, 2.24) is 0 Å². The third-order valence-corrected chi connectivity index (χ3v) is 3.17. The van der Waals surface area contributed by atoms with Crippen molar-refractivity contribution in [3.63, 3.8) is 0 Å². The van der Waals surface area contributed by atoms with E-state index in [1.54, 1.807) is 24.3 Å². The zero-order chi connectivity index (χ0) is 12.0. The minimum atomic E-state index is 0.00835. The lowest BCUT2D eigenvalue weighted by molar-refractivity contribution is -0.110. The standard InChI is InChI=1S/C15H10O2/c1-9-14-8-10-2-4-13(16)7-12(10)6-11(14)3-5-15(9)17/h2-8H,1H3. The number of hydrogen-bond donors (Lipinski definition) is 0. The topological polar surface area (TPSA) is 34.1 Å². The van der Waals surface area contributed by atoms with Crippen LogP contribution in [0.3, 0.4) is 0 Å². The first-order valence-electron chi connectivity index (χ1n) is 5.46. The molecule has 0 heterocycles. The highest BCUT2D eigenvalue weighted by Crippen LogP contribution is 2.09. The van der Waals surface area contributed by atoms with Crippen LogP contribution < -0.4 is 10.4 Å². The predicted molar refractivity (Wildman–Crippen MR) is 67.3 cm³/mol. The van der Waals surface area contributed by atoms with Crippen molar-refractivity contribution in [2.24, 2.45) is 0 Å². The lowest BCUT2D eigenvalue weighted by Crippen LogP contribution is -2.24. The van der Waals surface area contributed by atoms with Crippen LogP contribution in [0, 0.1) is 0 Å². The van der Waals surface area contributed by atoms with Crippen LogP contribution in [-0.2, 0) is 9.59 Å². The van der Waals surface area contributed by atoms with Crippen LogP contribution in [0.5, 0.6) is 0 Å². The van der Waals surface area contributed by atoms with E-state index in [0.29, 0.717) is 0 Å². The molecule has 0 spiro atoms. The van der Waals surface area contributed by atoms with Gasteiger partial charge in [-0.3, -0.25) is 9.59 Å². The minimum absolute atomic E-state index is 0.00835. The van der Waals surface area contributed by atoms with Crippen LogP contribution in [-0.4, -0.2) is 11.6 Å². The number of ketones is 2. The molecule has 0 unspecified atom stereocenters. The van der Waals surface area contributed by atoms with Crippen LogP contribution in [0.2, 0.25) is 0 Å². The molecule has 0 radical (unpaired) electrons. The van der Waals surface area contributed by atoms with Gasteiger partial charge in [0.05, 0.1) is 0 Å². The molecule has 0 saturated heterocycles. The van der Waals surface area contributed by atoms with E-state index in [0.717, 1.165) is 27.1 Å². The molecular weight excluding hydrogens is 212 g/mol. The molecule has 0 saturated carbocycles. The van der Waals surface area contributed by atoms with Gasteiger partial charge < -0.3 is 0 Å². The van der Waals surface area contributed by atoms with Crippen molar-refractivity contribution in [2.75, 3.05) is 0 Å². The highest BCUT2D eigenvalue weighted by molar-refractivity contribution is 6.23. The van der Waals surface area contributed by atoms with E-state index in [-0.39, 0.29) is 11.6 Å². The average Bonchev–Trinajstić information content (AvgIpc) is 2.32. The highest BCUT2D eigenvalue weighted by Gasteiger charge is 2.11. The van der Waals surface area contributed by atoms with Gasteiger partial charge in [0, 0.05) is 5.57 Å². The molecule has 2 nitrogen and oxygen atoms in total. The third kappa shape index (κ3) is 1.49. The van der Waals surface area contributed by atoms with E-state index in [1.165, 1.54) is 0 Å². The molecule has 0 aliphatic heterocycles. The monoisotopic (exact) mass is 222 g/mol. The molecule has 2 heteroatoms. The summed E-state index contributed by atoms with van der Waals surface area (Å²) in [6.45, 7) is 1.83. The lowest BCUT2D eigenvalue weighted by Gasteiger charge is -2.09. The first kappa shape index (κ1) is 9.97. The van der Waals surface area contributed by atoms with Gasteiger partial charge in [-0.1, -0.05) is 12.2 Å². The summed E-state index contributed by atoms with van der Waals surface area (Å²) in [6.07, 6.45) is 8.35. The fourth-order valence-electron chi connectivity index (χ4n) is 2.18. The molecule has 0 fully saturated rings. The van der Waals surface area contributed by atoms with Gasteiger partial charge >= 0.3 is 0 Å². The Balaban J connectivity index is 2.43. The van der Waals surface area contributed by atoms with Crippen LogP contribution in [0.1, 0.15) is 18.1 Å². The second-order valence-corrected chi connectivity index (χ2v) is 4.27. The lowest BCUT2D eigenvalue weighted by atomic mass is 9.94. The maximum absolute atomic E-state index is 11.6. The summed E-state index contributed by atoms with van der Waals surface area (Å²) in [6, 6.07) is 3.93. The van der Waals surface area contributed by atoms with Crippen molar-refractivity contribution in [1.29, 1.82) is 0 Å². The number of fused-ring (bicyclic) bond motifs is 2. The molecule has 0 amide bonds. The molecule has 0 atom stereocenters. The van der Waals surface area contributed by atoms with Gasteiger partial charge in [0.15, 0.2) is 11.6 Å². The quantitative estimate of drug-likeness (QED) is 0.651. The Labute approximate surface area is 98.3 Å². The van der Waals surface area contributed by atoms with Gasteiger partial charge in [0.2, 0.25) is 0 Å². The summed E-state index contributed by atoms with van der Waals surface area (Å²) in [5, 5.41) is 1.88. The fraction of sp³-hybridized carbons (Fsp3) is 0.0667. The van der Waals surface area contributed by atoms with Gasteiger partial charge in [-0.25, -0.2) is 0 Å². The first-order valence-corrected chi connectivity index (χ1v) is 5.46. The van der Waals surface area contributed by atoms with E-state index in [9.17, 15) is 9.59 Å². The average molecular weight is 222 g/mol. The van der Waals surface area contributed by atoms with Gasteiger partial charge in [0.25, 0.3) is 0 Å². The summed E-state index contributed by atoms with van der Waals surface area (Å²) >= 11 is 0. The van der Waals surface area contributed by atoms with Crippen LogP contribution in [0.25, 0.3) is 23.8 Å². The smallest absolute Gasteiger partial charge is 0.182 e. The first-order chi connectivity index (χ1) is 8.15. The SMILES string of the molecule is CC1=c2cc3c(cc2C=CC1=O)=CC(=O)C=C3. The Morgan fingerprint density at radius 3 is 2.47 bits per heavy atom. The molecule has 1 aromatic rings. The molecular formula is C15H10O2. The summed E-state index contributed by atoms with van der Waals surface area (Å²) in [5.41, 5.74) is 2.75. The summed E-state index contributed by atoms with van der Waals surface area (Å²) in [4.78, 5) is 22.9. The van der Waals surface area contributed by atoms with E-state index in [1.807, 2.05) is 25.1 Å². The van der Waals surface area contributed by atoms with Crippen molar-refractivity contribution in [2.45, 2.75) is 6.92 Å². The number of carbonyl (C=O) groups excluding carboxylic acids is 2. The minimum Gasteiger partial charge on any atom is -0.290 e. The molecule has 2 aliphatic rings. The summed E-state index contributed by atoms with van der Waals surface area (Å²) in [7, 11) is 0. The second-order valence-electron chi connectivity index (χ2n) is 4.27. The normalized spacial score (nSPS) is 16.6. The van der Waals surface area contributed by atoms with E-state index >= 15 is 0 Å². The van der Waals surface area contributed by atoms with Crippen LogP contribution >= 0.6 is 0 Å². The van der Waals surface area contributed by atoms with Crippen LogP contribution in [0.15, 0.2) is 24.3 Å².